The summed E-state index contributed by atoms with van der Waals surface area (Å²) in [6.07, 6.45) is 0.901. The number of piperazine rings is 2. The molecule has 2 rings (SSSR count). The van der Waals surface area contributed by atoms with Crippen molar-refractivity contribution in [1.82, 2.24) is 15.1 Å². The zero-order valence-electron chi connectivity index (χ0n) is 8.99. The van der Waals surface area contributed by atoms with Gasteiger partial charge in [0.05, 0.1) is 12.1 Å². The first-order valence-electron chi connectivity index (χ1n) is 5.44. The monoisotopic (exact) mass is 197 g/mol. The summed E-state index contributed by atoms with van der Waals surface area (Å²) in [5.74, 6) is 0.303. The van der Waals surface area contributed by atoms with E-state index in [0.717, 1.165) is 32.6 Å². The highest BCUT2D eigenvalue weighted by atomic mass is 16.2. The molecule has 2 fully saturated rings. The fourth-order valence-corrected chi connectivity index (χ4v) is 2.36. The van der Waals surface area contributed by atoms with Gasteiger partial charge < -0.3 is 15.1 Å². The quantitative estimate of drug-likeness (QED) is 0.616. The van der Waals surface area contributed by atoms with E-state index < -0.39 is 0 Å². The number of carbonyl (C=O) groups excluding carboxylic acids is 1. The van der Waals surface area contributed by atoms with Crippen LogP contribution in [0.25, 0.3) is 0 Å². The normalized spacial score (nSPS) is 34.4. The Morgan fingerprint density at radius 2 is 2.29 bits per heavy atom. The van der Waals surface area contributed by atoms with Crippen LogP contribution in [-0.4, -0.2) is 61.0 Å². The molecule has 2 aliphatic rings. The van der Waals surface area contributed by atoms with Gasteiger partial charge in [-0.25, -0.2) is 0 Å². The summed E-state index contributed by atoms with van der Waals surface area (Å²) >= 11 is 0. The number of rotatable bonds is 1. The second-order valence-electron chi connectivity index (χ2n) is 4.32. The van der Waals surface area contributed by atoms with Crippen molar-refractivity contribution in [2.45, 2.75) is 25.4 Å². The average Bonchev–Trinajstić information content (AvgIpc) is 2.18. The van der Waals surface area contributed by atoms with Crippen LogP contribution in [0.15, 0.2) is 0 Å². The van der Waals surface area contributed by atoms with Gasteiger partial charge in [-0.05, 0) is 13.5 Å². The van der Waals surface area contributed by atoms with Crippen molar-refractivity contribution in [2.24, 2.45) is 0 Å². The molecule has 2 unspecified atom stereocenters. The van der Waals surface area contributed by atoms with Crippen molar-refractivity contribution in [3.63, 3.8) is 0 Å². The van der Waals surface area contributed by atoms with Crippen LogP contribution in [0.5, 0.6) is 0 Å². The first kappa shape index (κ1) is 9.93. The summed E-state index contributed by atoms with van der Waals surface area (Å²) in [4.78, 5) is 16.3. The lowest BCUT2D eigenvalue weighted by Crippen LogP contribution is -2.66. The van der Waals surface area contributed by atoms with E-state index in [1.165, 1.54) is 0 Å². The second kappa shape index (κ2) is 3.87. The van der Waals surface area contributed by atoms with Crippen molar-refractivity contribution >= 4 is 5.91 Å². The lowest BCUT2D eigenvalue weighted by molar-refractivity contribution is -0.141. The molecule has 2 atom stereocenters. The van der Waals surface area contributed by atoms with Gasteiger partial charge in [0.2, 0.25) is 5.91 Å². The third-order valence-electron chi connectivity index (χ3n) is 3.28. The summed E-state index contributed by atoms with van der Waals surface area (Å²) in [7, 11) is 2.12. The summed E-state index contributed by atoms with van der Waals surface area (Å²) < 4.78 is 0. The molecule has 4 heteroatoms. The fourth-order valence-electron chi connectivity index (χ4n) is 2.36. The molecule has 0 aromatic heterocycles. The van der Waals surface area contributed by atoms with Crippen LogP contribution in [0, 0.1) is 0 Å². The van der Waals surface area contributed by atoms with Gasteiger partial charge in [0.15, 0.2) is 0 Å². The lowest BCUT2D eigenvalue weighted by atomic mass is 10.0. The molecule has 0 aromatic rings. The van der Waals surface area contributed by atoms with Gasteiger partial charge in [-0.1, -0.05) is 6.92 Å². The number of nitrogens with one attached hydrogen (secondary N) is 1. The van der Waals surface area contributed by atoms with Gasteiger partial charge >= 0.3 is 0 Å². The Morgan fingerprint density at radius 1 is 1.50 bits per heavy atom. The molecule has 14 heavy (non-hydrogen) atoms. The van der Waals surface area contributed by atoms with Gasteiger partial charge in [0.25, 0.3) is 0 Å². The molecule has 0 aromatic carbocycles. The second-order valence-corrected chi connectivity index (χ2v) is 4.32. The maximum Gasteiger partial charge on any atom is 0.240 e. The van der Waals surface area contributed by atoms with E-state index >= 15 is 0 Å². The van der Waals surface area contributed by atoms with Gasteiger partial charge in [0, 0.05) is 26.2 Å². The molecule has 0 spiro atoms. The van der Waals surface area contributed by atoms with E-state index in [9.17, 15) is 4.79 Å². The lowest BCUT2D eigenvalue weighted by Gasteiger charge is -2.45. The minimum absolute atomic E-state index is 0.0645. The van der Waals surface area contributed by atoms with Crippen molar-refractivity contribution in [3.8, 4) is 0 Å². The summed E-state index contributed by atoms with van der Waals surface area (Å²) in [5, 5.41) is 3.32. The topological polar surface area (TPSA) is 35.6 Å². The Bertz CT molecular complexity index is 231. The number of likely N-dealkylation sites (N-methyl/N-ethyl adjacent to an activating group) is 1. The highest BCUT2D eigenvalue weighted by molar-refractivity contribution is 5.83. The van der Waals surface area contributed by atoms with E-state index in [1.807, 2.05) is 0 Å². The number of carbonyl (C=O) groups is 1. The van der Waals surface area contributed by atoms with Crippen LogP contribution in [0.4, 0.5) is 0 Å². The molecule has 0 bridgehead atoms. The molecule has 1 N–H and O–H groups in total. The Balaban J connectivity index is 2.04. The molecule has 4 nitrogen and oxygen atoms in total. The van der Waals surface area contributed by atoms with E-state index in [2.05, 4.69) is 29.1 Å². The Labute approximate surface area is 85.2 Å². The third kappa shape index (κ3) is 1.64. The Hall–Kier alpha value is -0.610. The number of fused-ring (bicyclic) bond motifs is 1. The number of hydrogen-bond acceptors (Lipinski definition) is 3. The predicted molar refractivity (Wildman–Crippen MR) is 55.1 cm³/mol. The Kier molecular flexibility index (Phi) is 2.74. The highest BCUT2D eigenvalue weighted by Gasteiger charge is 2.36. The molecule has 2 aliphatic heterocycles. The number of amides is 1. The van der Waals surface area contributed by atoms with Crippen LogP contribution in [0.1, 0.15) is 13.3 Å². The van der Waals surface area contributed by atoms with E-state index in [0.29, 0.717) is 11.9 Å². The van der Waals surface area contributed by atoms with Crippen LogP contribution >= 0.6 is 0 Å². The smallest absolute Gasteiger partial charge is 0.240 e. The number of hydrogen-bond donors (Lipinski definition) is 1. The first-order chi connectivity index (χ1) is 6.72. The molecular weight excluding hydrogens is 178 g/mol. The SMILES string of the molecule is CCC1NCC2CN(C)CCN2C1=O. The zero-order valence-corrected chi connectivity index (χ0v) is 8.99. The van der Waals surface area contributed by atoms with Crippen molar-refractivity contribution in [1.29, 1.82) is 0 Å². The third-order valence-corrected chi connectivity index (χ3v) is 3.28. The number of nitrogens with zero attached hydrogens (tertiary/aromatic N) is 2. The first-order valence-corrected chi connectivity index (χ1v) is 5.44. The molecule has 1 amide bonds. The van der Waals surface area contributed by atoms with E-state index in [1.54, 1.807) is 0 Å². The van der Waals surface area contributed by atoms with Crippen LogP contribution < -0.4 is 5.32 Å². The maximum absolute atomic E-state index is 11.9. The van der Waals surface area contributed by atoms with E-state index in [-0.39, 0.29) is 6.04 Å². The fraction of sp³-hybridized carbons (Fsp3) is 0.900. The van der Waals surface area contributed by atoms with Gasteiger partial charge in [-0.15, -0.1) is 0 Å². The van der Waals surface area contributed by atoms with Gasteiger partial charge in [-0.3, -0.25) is 4.79 Å². The van der Waals surface area contributed by atoms with Crippen LogP contribution in [-0.2, 0) is 4.79 Å². The largest absolute Gasteiger partial charge is 0.335 e. The molecule has 0 radical (unpaired) electrons. The summed E-state index contributed by atoms with van der Waals surface area (Å²) in [6.45, 7) is 5.94. The van der Waals surface area contributed by atoms with Crippen molar-refractivity contribution in [3.05, 3.63) is 0 Å². The van der Waals surface area contributed by atoms with Crippen molar-refractivity contribution < 1.29 is 4.79 Å². The zero-order chi connectivity index (χ0) is 10.1. The van der Waals surface area contributed by atoms with Crippen LogP contribution in [0.2, 0.25) is 0 Å². The maximum atomic E-state index is 11.9. The highest BCUT2D eigenvalue weighted by Crippen LogP contribution is 2.15. The molecular formula is C10H19N3O. The predicted octanol–water partition coefficient (Wildman–Crippen LogP) is -0.489. The van der Waals surface area contributed by atoms with Gasteiger partial charge in [0.1, 0.15) is 0 Å². The molecule has 80 valence electrons. The molecule has 2 saturated heterocycles. The molecule has 0 aliphatic carbocycles. The van der Waals surface area contributed by atoms with Crippen molar-refractivity contribution in [2.75, 3.05) is 33.2 Å². The summed E-state index contributed by atoms with van der Waals surface area (Å²) in [5.41, 5.74) is 0. The minimum Gasteiger partial charge on any atom is -0.335 e. The Morgan fingerprint density at radius 3 is 3.00 bits per heavy atom. The molecule has 0 saturated carbocycles. The average molecular weight is 197 g/mol. The van der Waals surface area contributed by atoms with E-state index in [4.69, 9.17) is 0 Å². The summed E-state index contributed by atoms with van der Waals surface area (Å²) in [6, 6.07) is 0.457. The molecule has 2 heterocycles. The van der Waals surface area contributed by atoms with Gasteiger partial charge in [-0.2, -0.15) is 0 Å². The minimum atomic E-state index is 0.0645. The van der Waals surface area contributed by atoms with Crippen LogP contribution in [0.3, 0.4) is 0 Å². The standard InChI is InChI=1S/C10H19N3O/c1-3-9-10(14)13-5-4-12(2)7-8(13)6-11-9/h8-9,11H,3-7H2,1-2H3.